The highest BCUT2D eigenvalue weighted by Gasteiger charge is 2.06. The van der Waals surface area contributed by atoms with E-state index < -0.39 is 5.97 Å². The quantitative estimate of drug-likeness (QED) is 0.558. The van der Waals surface area contributed by atoms with Gasteiger partial charge in [0.25, 0.3) is 0 Å². The molecule has 18 heavy (non-hydrogen) atoms. The van der Waals surface area contributed by atoms with E-state index in [1.807, 2.05) is 6.92 Å². The van der Waals surface area contributed by atoms with Gasteiger partial charge in [-0.15, -0.1) is 11.8 Å². The monoisotopic (exact) mass is 277 g/mol. The summed E-state index contributed by atoms with van der Waals surface area (Å²) in [5.41, 5.74) is 0. The number of methoxy groups -OCH3 is 1. The smallest absolute Gasteiger partial charge is 0.303 e. The molecule has 6 heteroatoms. The van der Waals surface area contributed by atoms with E-state index >= 15 is 0 Å². The van der Waals surface area contributed by atoms with Gasteiger partial charge in [0.15, 0.2) is 0 Å². The lowest BCUT2D eigenvalue weighted by Crippen LogP contribution is -2.27. The molecule has 0 heterocycles. The summed E-state index contributed by atoms with van der Waals surface area (Å²) in [7, 11) is 1.64. The van der Waals surface area contributed by atoms with Crippen molar-refractivity contribution < 1.29 is 19.4 Å². The lowest BCUT2D eigenvalue weighted by atomic mass is 10.0. The second kappa shape index (κ2) is 11.3. The highest BCUT2D eigenvalue weighted by Crippen LogP contribution is 2.09. The summed E-state index contributed by atoms with van der Waals surface area (Å²) in [6.45, 7) is 3.27. The summed E-state index contributed by atoms with van der Waals surface area (Å²) in [6, 6.07) is 0. The van der Waals surface area contributed by atoms with Crippen LogP contribution < -0.4 is 5.32 Å². The maximum Gasteiger partial charge on any atom is 0.303 e. The van der Waals surface area contributed by atoms with Crippen LogP contribution in [0.4, 0.5) is 0 Å². The average molecular weight is 277 g/mol. The van der Waals surface area contributed by atoms with E-state index in [2.05, 4.69) is 5.32 Å². The third kappa shape index (κ3) is 11.7. The molecule has 0 saturated heterocycles. The van der Waals surface area contributed by atoms with Crippen molar-refractivity contribution in [2.75, 3.05) is 31.8 Å². The normalized spacial score (nSPS) is 12.1. The van der Waals surface area contributed by atoms with Crippen LogP contribution in [0.25, 0.3) is 0 Å². The third-order valence-electron chi connectivity index (χ3n) is 2.48. The van der Waals surface area contributed by atoms with E-state index in [0.29, 0.717) is 31.2 Å². The predicted molar refractivity (Wildman–Crippen MR) is 72.9 cm³/mol. The van der Waals surface area contributed by atoms with Crippen LogP contribution in [0.3, 0.4) is 0 Å². The number of carboxylic acids is 1. The zero-order valence-corrected chi connectivity index (χ0v) is 11.9. The number of thioether (sulfide) groups is 1. The minimum atomic E-state index is -0.763. The number of carbonyl (C=O) groups is 2. The number of ether oxygens (including phenoxy) is 1. The van der Waals surface area contributed by atoms with Crippen molar-refractivity contribution >= 4 is 23.6 Å². The maximum absolute atomic E-state index is 11.4. The molecule has 0 aliphatic rings. The Labute approximate surface area is 113 Å². The standard InChI is InChI=1S/C12H23NO4S/c1-10(3-4-12(15)16)5-6-13-11(14)9-18-8-7-17-2/h10H,3-9H2,1-2H3,(H,13,14)(H,15,16). The van der Waals surface area contributed by atoms with Crippen LogP contribution in [0.2, 0.25) is 0 Å². The van der Waals surface area contributed by atoms with Crippen molar-refractivity contribution in [1.82, 2.24) is 5.32 Å². The van der Waals surface area contributed by atoms with Crippen LogP contribution in [0.15, 0.2) is 0 Å². The Balaban J connectivity index is 3.41. The molecule has 106 valence electrons. The molecule has 0 rings (SSSR count). The Hall–Kier alpha value is -0.750. The van der Waals surface area contributed by atoms with Crippen LogP contribution >= 0.6 is 11.8 Å². The van der Waals surface area contributed by atoms with E-state index in [-0.39, 0.29) is 12.3 Å². The first-order valence-electron chi connectivity index (χ1n) is 6.11. The number of nitrogens with one attached hydrogen (secondary N) is 1. The van der Waals surface area contributed by atoms with Gasteiger partial charge in [-0.3, -0.25) is 9.59 Å². The molecule has 0 radical (unpaired) electrons. The van der Waals surface area contributed by atoms with E-state index in [0.717, 1.165) is 12.2 Å². The van der Waals surface area contributed by atoms with Crippen molar-refractivity contribution in [1.29, 1.82) is 0 Å². The van der Waals surface area contributed by atoms with Gasteiger partial charge in [0.1, 0.15) is 0 Å². The average Bonchev–Trinajstić information content (AvgIpc) is 2.32. The molecule has 0 saturated carbocycles. The second-order valence-corrected chi connectivity index (χ2v) is 5.33. The van der Waals surface area contributed by atoms with Gasteiger partial charge in [-0.05, 0) is 18.8 Å². The largest absolute Gasteiger partial charge is 0.481 e. The number of rotatable bonds is 11. The summed E-state index contributed by atoms with van der Waals surface area (Å²) in [5.74, 6) is 0.857. The first kappa shape index (κ1) is 17.2. The Morgan fingerprint density at radius 3 is 2.72 bits per heavy atom. The van der Waals surface area contributed by atoms with Gasteiger partial charge in [0.05, 0.1) is 12.4 Å². The van der Waals surface area contributed by atoms with Gasteiger partial charge in [0, 0.05) is 25.8 Å². The van der Waals surface area contributed by atoms with Crippen LogP contribution in [-0.2, 0) is 14.3 Å². The molecule has 1 amide bonds. The predicted octanol–water partition coefficient (Wildman–Crippen LogP) is 1.37. The first-order chi connectivity index (χ1) is 8.56. The fourth-order valence-electron chi connectivity index (χ4n) is 1.33. The van der Waals surface area contributed by atoms with Crippen LogP contribution in [0.1, 0.15) is 26.2 Å². The molecule has 2 N–H and O–H groups in total. The summed E-state index contributed by atoms with van der Waals surface area (Å²) in [5, 5.41) is 11.4. The van der Waals surface area contributed by atoms with E-state index in [1.165, 1.54) is 0 Å². The molecular formula is C12H23NO4S. The number of carboxylic acid groups (broad SMARTS) is 1. The number of hydrogen-bond donors (Lipinski definition) is 2. The molecule has 0 spiro atoms. The molecule has 0 aromatic heterocycles. The van der Waals surface area contributed by atoms with Gasteiger partial charge in [-0.1, -0.05) is 6.92 Å². The number of carbonyl (C=O) groups excluding carboxylic acids is 1. The zero-order valence-electron chi connectivity index (χ0n) is 11.1. The zero-order chi connectivity index (χ0) is 13.8. The van der Waals surface area contributed by atoms with E-state index in [4.69, 9.17) is 9.84 Å². The molecule has 5 nitrogen and oxygen atoms in total. The van der Waals surface area contributed by atoms with E-state index in [1.54, 1.807) is 18.9 Å². The molecule has 0 fully saturated rings. The van der Waals surface area contributed by atoms with Crippen molar-refractivity contribution in [2.24, 2.45) is 5.92 Å². The van der Waals surface area contributed by atoms with Gasteiger partial charge >= 0.3 is 5.97 Å². The maximum atomic E-state index is 11.4. The van der Waals surface area contributed by atoms with Crippen molar-refractivity contribution in [3.8, 4) is 0 Å². The van der Waals surface area contributed by atoms with Gasteiger partial charge in [0.2, 0.25) is 5.91 Å². The van der Waals surface area contributed by atoms with Crippen molar-refractivity contribution in [2.45, 2.75) is 26.2 Å². The van der Waals surface area contributed by atoms with Gasteiger partial charge in [-0.2, -0.15) is 0 Å². The topological polar surface area (TPSA) is 75.6 Å². The molecule has 0 bridgehead atoms. The minimum absolute atomic E-state index is 0.0292. The van der Waals surface area contributed by atoms with Gasteiger partial charge in [-0.25, -0.2) is 0 Å². The summed E-state index contributed by atoms with van der Waals surface area (Å²) in [6.07, 6.45) is 1.68. The molecular weight excluding hydrogens is 254 g/mol. The highest BCUT2D eigenvalue weighted by molar-refractivity contribution is 7.99. The Bertz CT molecular complexity index is 248. The molecule has 1 unspecified atom stereocenters. The van der Waals surface area contributed by atoms with Crippen molar-refractivity contribution in [3.05, 3.63) is 0 Å². The lowest BCUT2D eigenvalue weighted by molar-refractivity contribution is -0.137. The Morgan fingerprint density at radius 2 is 2.11 bits per heavy atom. The van der Waals surface area contributed by atoms with Crippen LogP contribution in [0, 0.1) is 5.92 Å². The number of aliphatic carboxylic acids is 1. The molecule has 0 aliphatic heterocycles. The third-order valence-corrected chi connectivity index (χ3v) is 3.40. The number of amides is 1. The molecule has 0 aliphatic carbocycles. The first-order valence-corrected chi connectivity index (χ1v) is 7.27. The van der Waals surface area contributed by atoms with E-state index in [9.17, 15) is 9.59 Å². The Kier molecular flexibility index (Phi) is 10.9. The lowest BCUT2D eigenvalue weighted by Gasteiger charge is -2.10. The highest BCUT2D eigenvalue weighted by atomic mass is 32.2. The van der Waals surface area contributed by atoms with Crippen LogP contribution in [0.5, 0.6) is 0 Å². The fourth-order valence-corrected chi connectivity index (χ4v) is 2.05. The fraction of sp³-hybridized carbons (Fsp3) is 0.833. The molecule has 0 aromatic carbocycles. The summed E-state index contributed by atoms with van der Waals surface area (Å²) < 4.78 is 4.88. The summed E-state index contributed by atoms with van der Waals surface area (Å²) >= 11 is 1.54. The minimum Gasteiger partial charge on any atom is -0.481 e. The summed E-state index contributed by atoms with van der Waals surface area (Å²) in [4.78, 5) is 21.8. The second-order valence-electron chi connectivity index (χ2n) is 4.22. The molecule has 0 aromatic rings. The van der Waals surface area contributed by atoms with Crippen molar-refractivity contribution in [3.63, 3.8) is 0 Å². The SMILES string of the molecule is COCCSCC(=O)NCCC(C)CCC(=O)O. The Morgan fingerprint density at radius 1 is 1.39 bits per heavy atom. The van der Waals surface area contributed by atoms with Crippen LogP contribution in [-0.4, -0.2) is 48.8 Å². The number of hydrogen-bond acceptors (Lipinski definition) is 4. The van der Waals surface area contributed by atoms with Gasteiger partial charge < -0.3 is 15.2 Å². The molecule has 1 atom stereocenters.